The number of anilines is 1. The Morgan fingerprint density at radius 1 is 1.31 bits per heavy atom. The number of carbonyl (C=O) groups is 2. The largest absolute Gasteiger partial charge is 0.495 e. The van der Waals surface area contributed by atoms with Crippen molar-refractivity contribution in [2.75, 3.05) is 19.0 Å². The van der Waals surface area contributed by atoms with Gasteiger partial charge in [0.2, 0.25) is 0 Å². The van der Waals surface area contributed by atoms with Crippen LogP contribution < -0.4 is 15.4 Å². The lowest BCUT2D eigenvalue weighted by Crippen LogP contribution is -2.48. The highest BCUT2D eigenvalue weighted by molar-refractivity contribution is 6.30. The molecule has 0 saturated heterocycles. The van der Waals surface area contributed by atoms with Gasteiger partial charge in [-0.15, -0.1) is 6.58 Å². The van der Waals surface area contributed by atoms with Gasteiger partial charge in [-0.25, -0.2) is 4.79 Å². The van der Waals surface area contributed by atoms with E-state index >= 15 is 0 Å². The number of hydrogen-bond acceptors (Lipinski definition) is 3. The van der Waals surface area contributed by atoms with E-state index in [-0.39, 0.29) is 18.5 Å². The molecular weight excluding hydrogens is 390 g/mol. The molecule has 0 bridgehead atoms. The molecule has 0 saturated carbocycles. The molecule has 0 unspecified atom stereocenters. The molecular formula is C22H22ClN3O3. The van der Waals surface area contributed by atoms with Crippen molar-refractivity contribution in [3.05, 3.63) is 83.0 Å². The van der Waals surface area contributed by atoms with Gasteiger partial charge in [0.25, 0.3) is 5.91 Å². The fraction of sp³-hybridized carbons (Fsp3) is 0.182. The molecule has 1 aliphatic heterocycles. The van der Waals surface area contributed by atoms with Crippen molar-refractivity contribution < 1.29 is 14.3 Å². The second-order valence-corrected chi connectivity index (χ2v) is 6.93. The molecule has 1 heterocycles. The summed E-state index contributed by atoms with van der Waals surface area (Å²) in [7, 11) is 1.54. The van der Waals surface area contributed by atoms with Crippen molar-refractivity contribution in [3.63, 3.8) is 0 Å². The summed E-state index contributed by atoms with van der Waals surface area (Å²) in [6.45, 7) is 5.72. The number of urea groups is 1. The number of rotatable bonds is 6. The second kappa shape index (κ2) is 8.84. The number of methoxy groups -OCH3 is 1. The molecule has 2 N–H and O–H groups in total. The normalized spacial score (nSPS) is 16.3. The van der Waals surface area contributed by atoms with Gasteiger partial charge >= 0.3 is 6.03 Å². The van der Waals surface area contributed by atoms with Crippen molar-refractivity contribution in [1.82, 2.24) is 10.2 Å². The number of para-hydroxylation sites is 2. The van der Waals surface area contributed by atoms with Crippen molar-refractivity contribution in [1.29, 1.82) is 0 Å². The van der Waals surface area contributed by atoms with Gasteiger partial charge in [0.05, 0.1) is 24.4 Å². The quantitative estimate of drug-likeness (QED) is 0.687. The number of allylic oxidation sites excluding steroid dienone is 1. The molecule has 6 nitrogen and oxygen atoms in total. The van der Waals surface area contributed by atoms with Crippen LogP contribution in [-0.4, -0.2) is 30.5 Å². The third-order valence-corrected chi connectivity index (χ3v) is 4.92. The number of amides is 3. The van der Waals surface area contributed by atoms with E-state index < -0.39 is 6.04 Å². The van der Waals surface area contributed by atoms with Crippen molar-refractivity contribution >= 4 is 29.2 Å². The van der Waals surface area contributed by atoms with E-state index in [0.29, 0.717) is 33.3 Å². The summed E-state index contributed by atoms with van der Waals surface area (Å²) >= 11 is 6.14. The van der Waals surface area contributed by atoms with Gasteiger partial charge in [0.1, 0.15) is 5.75 Å². The molecule has 2 aromatic carbocycles. The van der Waals surface area contributed by atoms with Crippen LogP contribution in [0.25, 0.3) is 0 Å². The molecule has 0 aromatic heterocycles. The summed E-state index contributed by atoms with van der Waals surface area (Å²) in [6, 6.07) is 13.3. The highest BCUT2D eigenvalue weighted by Crippen LogP contribution is 2.33. The predicted molar refractivity (Wildman–Crippen MR) is 114 cm³/mol. The number of nitrogens with one attached hydrogen (secondary N) is 2. The van der Waals surface area contributed by atoms with Crippen molar-refractivity contribution in [2.45, 2.75) is 13.0 Å². The van der Waals surface area contributed by atoms with Crippen LogP contribution in [0.2, 0.25) is 5.02 Å². The Balaban J connectivity index is 2.06. The van der Waals surface area contributed by atoms with Gasteiger partial charge < -0.3 is 15.4 Å². The molecule has 2 aromatic rings. The number of nitrogens with zero attached hydrogens (tertiary/aromatic N) is 1. The van der Waals surface area contributed by atoms with E-state index in [1.54, 1.807) is 49.4 Å². The van der Waals surface area contributed by atoms with E-state index in [1.807, 2.05) is 12.1 Å². The van der Waals surface area contributed by atoms with Gasteiger partial charge in [-0.05, 0) is 36.8 Å². The van der Waals surface area contributed by atoms with Crippen LogP contribution in [0, 0.1) is 0 Å². The number of ether oxygens (including phenoxy) is 1. The van der Waals surface area contributed by atoms with Crippen molar-refractivity contribution in [3.8, 4) is 5.75 Å². The zero-order chi connectivity index (χ0) is 21.0. The molecule has 7 heteroatoms. The van der Waals surface area contributed by atoms with Crippen LogP contribution in [0.3, 0.4) is 0 Å². The Kier molecular flexibility index (Phi) is 6.24. The summed E-state index contributed by atoms with van der Waals surface area (Å²) in [5.74, 6) is 0.201. The smallest absolute Gasteiger partial charge is 0.322 e. The first kappa shape index (κ1) is 20.5. The second-order valence-electron chi connectivity index (χ2n) is 6.49. The molecule has 3 amide bonds. The third-order valence-electron chi connectivity index (χ3n) is 4.69. The fourth-order valence-electron chi connectivity index (χ4n) is 3.30. The number of halogens is 1. The van der Waals surface area contributed by atoms with Gasteiger partial charge in [-0.2, -0.15) is 0 Å². The maximum atomic E-state index is 13.3. The van der Waals surface area contributed by atoms with Gasteiger partial charge in [-0.1, -0.05) is 41.9 Å². The molecule has 0 fully saturated rings. The Labute approximate surface area is 174 Å². The lowest BCUT2D eigenvalue weighted by molar-refractivity contribution is -0.113. The number of hydrogen-bond donors (Lipinski definition) is 2. The Hall–Kier alpha value is -3.25. The zero-order valence-electron chi connectivity index (χ0n) is 16.2. The highest BCUT2D eigenvalue weighted by Gasteiger charge is 2.35. The SMILES string of the molecule is C=CCN1C(=O)N[C@@H](c2cccc(Cl)c2)C(C(=O)Nc2ccccc2OC)=C1C. The minimum Gasteiger partial charge on any atom is -0.495 e. The molecule has 0 spiro atoms. The van der Waals surface area contributed by atoms with Crippen molar-refractivity contribution in [2.24, 2.45) is 0 Å². The first-order valence-electron chi connectivity index (χ1n) is 9.05. The highest BCUT2D eigenvalue weighted by atomic mass is 35.5. The summed E-state index contributed by atoms with van der Waals surface area (Å²) < 4.78 is 5.32. The minimum atomic E-state index is -0.642. The average Bonchev–Trinajstić information content (AvgIpc) is 2.71. The van der Waals surface area contributed by atoms with E-state index in [0.717, 1.165) is 0 Å². The van der Waals surface area contributed by atoms with E-state index in [9.17, 15) is 9.59 Å². The Morgan fingerprint density at radius 3 is 2.76 bits per heavy atom. The van der Waals surface area contributed by atoms with Gasteiger partial charge in [0.15, 0.2) is 0 Å². The lowest BCUT2D eigenvalue weighted by atomic mass is 9.94. The minimum absolute atomic E-state index is 0.283. The van der Waals surface area contributed by atoms with Gasteiger partial charge in [0, 0.05) is 17.3 Å². The molecule has 29 heavy (non-hydrogen) atoms. The number of carbonyl (C=O) groups excluding carboxylic acids is 2. The van der Waals surface area contributed by atoms with Crippen LogP contribution >= 0.6 is 11.6 Å². The van der Waals surface area contributed by atoms with E-state index in [1.165, 1.54) is 12.0 Å². The van der Waals surface area contributed by atoms with Crippen LogP contribution in [0.5, 0.6) is 5.75 Å². The molecule has 3 rings (SSSR count). The average molecular weight is 412 g/mol. The summed E-state index contributed by atoms with van der Waals surface area (Å²) in [6.07, 6.45) is 1.61. The zero-order valence-corrected chi connectivity index (χ0v) is 17.0. The van der Waals surface area contributed by atoms with Crippen LogP contribution in [0.1, 0.15) is 18.5 Å². The monoisotopic (exact) mass is 411 g/mol. The topological polar surface area (TPSA) is 70.7 Å². The fourth-order valence-corrected chi connectivity index (χ4v) is 3.50. The van der Waals surface area contributed by atoms with Crippen LogP contribution in [0.4, 0.5) is 10.5 Å². The third kappa shape index (κ3) is 4.27. The van der Waals surface area contributed by atoms with Crippen LogP contribution in [-0.2, 0) is 4.79 Å². The van der Waals surface area contributed by atoms with Crippen LogP contribution in [0.15, 0.2) is 72.5 Å². The maximum Gasteiger partial charge on any atom is 0.322 e. The molecule has 0 radical (unpaired) electrons. The lowest BCUT2D eigenvalue weighted by Gasteiger charge is -2.35. The predicted octanol–water partition coefficient (Wildman–Crippen LogP) is 4.51. The standard InChI is InChI=1S/C22H22ClN3O3/c1-4-12-26-14(2)19(21(27)24-17-10-5-6-11-18(17)29-3)20(25-22(26)28)15-8-7-9-16(23)13-15/h4-11,13,20H,1,12H2,2-3H3,(H,24,27)(H,25,28)/t20-/m0/s1. The van der Waals surface area contributed by atoms with Gasteiger partial charge in [-0.3, -0.25) is 9.69 Å². The summed E-state index contributed by atoms with van der Waals surface area (Å²) in [4.78, 5) is 27.4. The maximum absolute atomic E-state index is 13.3. The molecule has 1 atom stereocenters. The first-order chi connectivity index (χ1) is 14.0. The first-order valence-corrected chi connectivity index (χ1v) is 9.43. The molecule has 150 valence electrons. The van der Waals surface area contributed by atoms with E-state index in [4.69, 9.17) is 16.3 Å². The Bertz CT molecular complexity index is 987. The molecule has 1 aliphatic rings. The van der Waals surface area contributed by atoms with E-state index in [2.05, 4.69) is 17.2 Å². The summed E-state index contributed by atoms with van der Waals surface area (Å²) in [5.41, 5.74) is 2.22. The Morgan fingerprint density at radius 2 is 2.07 bits per heavy atom. The molecule has 0 aliphatic carbocycles. The summed E-state index contributed by atoms with van der Waals surface area (Å²) in [5, 5.41) is 6.32. The number of benzene rings is 2.